The van der Waals surface area contributed by atoms with Gasteiger partial charge in [-0.2, -0.15) is 0 Å². The van der Waals surface area contributed by atoms with Crippen molar-refractivity contribution in [3.63, 3.8) is 0 Å². The van der Waals surface area contributed by atoms with Gasteiger partial charge in [0.25, 0.3) is 5.91 Å². The van der Waals surface area contributed by atoms with Gasteiger partial charge in [0.2, 0.25) is 0 Å². The number of nitrogens with zero attached hydrogens (tertiary/aromatic N) is 2. The highest BCUT2D eigenvalue weighted by molar-refractivity contribution is 9.10. The Kier molecular flexibility index (Phi) is 6.12. The van der Waals surface area contributed by atoms with Gasteiger partial charge < -0.3 is 4.90 Å². The van der Waals surface area contributed by atoms with Gasteiger partial charge in [-0.3, -0.25) is 4.79 Å². The van der Waals surface area contributed by atoms with Gasteiger partial charge in [0, 0.05) is 28.6 Å². The summed E-state index contributed by atoms with van der Waals surface area (Å²) < 4.78 is 0.745. The van der Waals surface area contributed by atoms with Crippen LogP contribution in [0, 0.1) is 0 Å². The van der Waals surface area contributed by atoms with E-state index in [9.17, 15) is 4.79 Å². The lowest BCUT2D eigenvalue weighted by Crippen LogP contribution is -2.38. The van der Waals surface area contributed by atoms with Crippen LogP contribution in [0.4, 0.5) is 0 Å². The number of aromatic nitrogens is 1. The Balaban J connectivity index is 2.88. The predicted molar refractivity (Wildman–Crippen MR) is 76.5 cm³/mol. The average molecular weight is 364 g/mol. The van der Waals surface area contributed by atoms with Crippen LogP contribution in [-0.4, -0.2) is 33.7 Å². The van der Waals surface area contributed by atoms with Crippen LogP contribution in [0.3, 0.4) is 0 Å². The molecule has 0 fully saturated rings. The number of amides is 1. The second-order valence-corrected chi connectivity index (χ2v) is 5.62. The zero-order chi connectivity index (χ0) is 12.8. The second kappa shape index (κ2) is 7.11. The summed E-state index contributed by atoms with van der Waals surface area (Å²) in [7, 11) is 0. The first kappa shape index (κ1) is 14.6. The van der Waals surface area contributed by atoms with E-state index in [-0.39, 0.29) is 11.9 Å². The van der Waals surface area contributed by atoms with Gasteiger partial charge in [-0.1, -0.05) is 15.9 Å². The predicted octanol–water partition coefficient (Wildman–Crippen LogP) is 3.48. The molecule has 1 aromatic rings. The molecule has 1 heterocycles. The molecule has 1 aromatic heterocycles. The zero-order valence-electron chi connectivity index (χ0n) is 9.99. The fourth-order valence-electron chi connectivity index (χ4n) is 1.50. The molecule has 0 aliphatic carbocycles. The Morgan fingerprint density at radius 3 is 2.76 bits per heavy atom. The normalized spacial score (nSPS) is 10.6. The fraction of sp³-hybridized carbons (Fsp3) is 0.500. The van der Waals surface area contributed by atoms with Gasteiger partial charge >= 0.3 is 0 Å². The van der Waals surface area contributed by atoms with Gasteiger partial charge in [-0.25, -0.2) is 4.98 Å². The molecule has 1 amide bonds. The molecule has 5 heteroatoms. The first-order valence-electron chi connectivity index (χ1n) is 5.55. The maximum Gasteiger partial charge on any atom is 0.273 e. The van der Waals surface area contributed by atoms with E-state index in [1.54, 1.807) is 12.3 Å². The molecule has 0 saturated carbocycles. The van der Waals surface area contributed by atoms with Crippen molar-refractivity contribution in [1.82, 2.24) is 9.88 Å². The fourth-order valence-corrected chi connectivity index (χ4v) is 2.18. The monoisotopic (exact) mass is 362 g/mol. The molecule has 94 valence electrons. The topological polar surface area (TPSA) is 33.2 Å². The third-order valence-electron chi connectivity index (χ3n) is 2.38. The van der Waals surface area contributed by atoms with Crippen molar-refractivity contribution in [1.29, 1.82) is 0 Å². The molecule has 0 aliphatic heterocycles. The Morgan fingerprint density at radius 2 is 2.24 bits per heavy atom. The Labute approximate surface area is 119 Å². The van der Waals surface area contributed by atoms with Crippen LogP contribution in [0.25, 0.3) is 0 Å². The molecule has 0 spiro atoms. The highest BCUT2D eigenvalue weighted by atomic mass is 79.9. The second-order valence-electron chi connectivity index (χ2n) is 3.97. The first-order valence-corrected chi connectivity index (χ1v) is 7.46. The van der Waals surface area contributed by atoms with Crippen molar-refractivity contribution in [2.45, 2.75) is 26.3 Å². The smallest absolute Gasteiger partial charge is 0.273 e. The molecule has 17 heavy (non-hydrogen) atoms. The number of carbonyl (C=O) groups is 1. The van der Waals surface area contributed by atoms with Crippen molar-refractivity contribution in [3.05, 3.63) is 28.5 Å². The lowest BCUT2D eigenvalue weighted by molar-refractivity contribution is 0.0699. The van der Waals surface area contributed by atoms with Gasteiger partial charge in [0.15, 0.2) is 0 Å². The molecule has 0 radical (unpaired) electrons. The van der Waals surface area contributed by atoms with Crippen molar-refractivity contribution in [3.8, 4) is 0 Å². The van der Waals surface area contributed by atoms with E-state index in [0.717, 1.165) is 22.8 Å². The lowest BCUT2D eigenvalue weighted by atomic mass is 10.2. The summed E-state index contributed by atoms with van der Waals surface area (Å²) in [6.07, 6.45) is 2.58. The number of rotatable bonds is 5. The Hall–Kier alpha value is -0.420. The van der Waals surface area contributed by atoms with Crippen LogP contribution in [0.15, 0.2) is 22.8 Å². The van der Waals surface area contributed by atoms with Crippen LogP contribution >= 0.6 is 31.9 Å². The van der Waals surface area contributed by atoms with Gasteiger partial charge in [-0.05, 0) is 48.3 Å². The van der Waals surface area contributed by atoms with Gasteiger partial charge in [-0.15, -0.1) is 0 Å². The summed E-state index contributed by atoms with van der Waals surface area (Å²) >= 11 is 6.75. The number of pyridine rings is 1. The van der Waals surface area contributed by atoms with Crippen LogP contribution in [0.2, 0.25) is 0 Å². The minimum absolute atomic E-state index is 0.0200. The van der Waals surface area contributed by atoms with Gasteiger partial charge in [0.1, 0.15) is 5.69 Å². The van der Waals surface area contributed by atoms with E-state index in [0.29, 0.717) is 5.69 Å². The van der Waals surface area contributed by atoms with Crippen molar-refractivity contribution in [2.75, 3.05) is 11.9 Å². The summed E-state index contributed by atoms with van der Waals surface area (Å²) in [5.41, 5.74) is 0.482. The SMILES string of the molecule is CC(C)N(CCCBr)C(=O)c1ncccc1Br. The van der Waals surface area contributed by atoms with Crippen LogP contribution in [0.5, 0.6) is 0 Å². The molecule has 0 aromatic carbocycles. The third kappa shape index (κ3) is 4.07. The lowest BCUT2D eigenvalue weighted by Gasteiger charge is -2.26. The maximum absolute atomic E-state index is 12.3. The van der Waals surface area contributed by atoms with Crippen LogP contribution < -0.4 is 0 Å². The molecule has 0 bridgehead atoms. The molecule has 0 aliphatic rings. The summed E-state index contributed by atoms with van der Waals surface area (Å²) in [5, 5.41) is 0.896. The maximum atomic E-state index is 12.3. The summed E-state index contributed by atoms with van der Waals surface area (Å²) in [4.78, 5) is 18.3. The van der Waals surface area contributed by atoms with Crippen molar-refractivity contribution in [2.24, 2.45) is 0 Å². The molecule has 1 rings (SSSR count). The largest absolute Gasteiger partial charge is 0.335 e. The molecular formula is C12H16Br2N2O. The quantitative estimate of drug-likeness (QED) is 0.750. The number of hydrogen-bond donors (Lipinski definition) is 0. The third-order valence-corrected chi connectivity index (χ3v) is 3.58. The number of hydrogen-bond acceptors (Lipinski definition) is 2. The average Bonchev–Trinajstić information content (AvgIpc) is 2.29. The summed E-state index contributed by atoms with van der Waals surface area (Å²) in [5.74, 6) is -0.0200. The van der Waals surface area contributed by atoms with Crippen LogP contribution in [0.1, 0.15) is 30.8 Å². The highest BCUT2D eigenvalue weighted by Gasteiger charge is 2.21. The van der Waals surface area contributed by atoms with E-state index in [2.05, 4.69) is 36.8 Å². The first-order chi connectivity index (χ1) is 8.07. The summed E-state index contributed by atoms with van der Waals surface area (Å²) in [6, 6.07) is 3.82. The Morgan fingerprint density at radius 1 is 1.53 bits per heavy atom. The van der Waals surface area contributed by atoms with E-state index in [1.165, 1.54) is 0 Å². The minimum atomic E-state index is -0.0200. The molecule has 0 saturated heterocycles. The number of carbonyl (C=O) groups excluding carboxylic acids is 1. The molecule has 0 atom stereocenters. The zero-order valence-corrected chi connectivity index (χ0v) is 13.2. The van der Waals surface area contributed by atoms with Gasteiger partial charge in [0.05, 0.1) is 0 Å². The standard InChI is InChI=1S/C12H16Br2N2O/c1-9(2)16(8-4-6-13)12(17)11-10(14)5-3-7-15-11/h3,5,7,9H,4,6,8H2,1-2H3. The van der Waals surface area contributed by atoms with E-state index >= 15 is 0 Å². The van der Waals surface area contributed by atoms with E-state index in [1.807, 2.05) is 24.8 Å². The highest BCUT2D eigenvalue weighted by Crippen LogP contribution is 2.17. The van der Waals surface area contributed by atoms with Crippen LogP contribution in [-0.2, 0) is 0 Å². The van der Waals surface area contributed by atoms with Crippen molar-refractivity contribution < 1.29 is 4.79 Å². The molecule has 0 unspecified atom stereocenters. The molecular weight excluding hydrogens is 348 g/mol. The number of alkyl halides is 1. The summed E-state index contributed by atoms with van der Waals surface area (Å²) in [6.45, 7) is 4.77. The van der Waals surface area contributed by atoms with E-state index < -0.39 is 0 Å². The Bertz CT molecular complexity index is 383. The molecule has 0 N–H and O–H groups in total. The number of halogens is 2. The molecule has 3 nitrogen and oxygen atoms in total. The van der Waals surface area contributed by atoms with Crippen molar-refractivity contribution >= 4 is 37.8 Å². The minimum Gasteiger partial charge on any atom is -0.335 e. The van der Waals surface area contributed by atoms with E-state index in [4.69, 9.17) is 0 Å².